The molecule has 0 spiro atoms. The monoisotopic (exact) mass is 444 g/mol. The van der Waals surface area contributed by atoms with Gasteiger partial charge in [0.1, 0.15) is 0 Å². The molecule has 1 saturated carbocycles. The van der Waals surface area contributed by atoms with Crippen LogP contribution in [0.2, 0.25) is 0 Å². The van der Waals surface area contributed by atoms with Crippen molar-refractivity contribution in [1.29, 1.82) is 0 Å². The molecule has 166 valence electrons. The van der Waals surface area contributed by atoms with Gasteiger partial charge in [0, 0.05) is 11.7 Å². The van der Waals surface area contributed by atoms with E-state index in [4.69, 9.17) is 4.74 Å². The number of aryl methyl sites for hydroxylation is 2. The van der Waals surface area contributed by atoms with Gasteiger partial charge in [0.15, 0.2) is 6.10 Å². The van der Waals surface area contributed by atoms with E-state index in [1.807, 2.05) is 26.0 Å². The lowest BCUT2D eigenvalue weighted by molar-refractivity contribution is -0.123. The van der Waals surface area contributed by atoms with Gasteiger partial charge < -0.3 is 10.1 Å². The van der Waals surface area contributed by atoms with E-state index in [0.717, 1.165) is 36.8 Å². The van der Waals surface area contributed by atoms with Crippen molar-refractivity contribution in [2.45, 2.75) is 63.5 Å². The van der Waals surface area contributed by atoms with Crippen LogP contribution >= 0.6 is 0 Å². The molecule has 2 aromatic rings. The van der Waals surface area contributed by atoms with E-state index in [2.05, 4.69) is 10.0 Å². The number of carbonyl (C=O) groups is 2. The van der Waals surface area contributed by atoms with Gasteiger partial charge in [-0.05, 0) is 75.1 Å². The van der Waals surface area contributed by atoms with Crippen molar-refractivity contribution in [2.75, 3.05) is 5.32 Å². The van der Waals surface area contributed by atoms with Crippen molar-refractivity contribution in [3.63, 3.8) is 0 Å². The van der Waals surface area contributed by atoms with E-state index in [-0.39, 0.29) is 16.5 Å². The van der Waals surface area contributed by atoms with Gasteiger partial charge in [0.05, 0.1) is 10.5 Å². The Labute approximate surface area is 183 Å². The Kier molecular flexibility index (Phi) is 7.12. The number of nitrogens with one attached hydrogen (secondary N) is 2. The first-order chi connectivity index (χ1) is 14.7. The number of benzene rings is 2. The number of carbonyl (C=O) groups excluding carboxylic acids is 2. The predicted molar refractivity (Wildman–Crippen MR) is 118 cm³/mol. The van der Waals surface area contributed by atoms with Gasteiger partial charge in [-0.2, -0.15) is 0 Å². The molecule has 1 unspecified atom stereocenters. The van der Waals surface area contributed by atoms with Gasteiger partial charge in [0.2, 0.25) is 10.0 Å². The quantitative estimate of drug-likeness (QED) is 0.634. The van der Waals surface area contributed by atoms with E-state index < -0.39 is 28.0 Å². The molecule has 0 radical (unpaired) electrons. The molecule has 1 fully saturated rings. The van der Waals surface area contributed by atoms with Crippen molar-refractivity contribution in [1.82, 2.24) is 4.72 Å². The van der Waals surface area contributed by atoms with Crippen molar-refractivity contribution in [3.8, 4) is 0 Å². The number of hydrogen-bond donors (Lipinski definition) is 2. The first-order valence-electron chi connectivity index (χ1n) is 10.4. The van der Waals surface area contributed by atoms with Gasteiger partial charge in [-0.15, -0.1) is 0 Å². The van der Waals surface area contributed by atoms with Crippen LogP contribution in [0.1, 0.15) is 54.1 Å². The summed E-state index contributed by atoms with van der Waals surface area (Å²) in [7, 11) is -3.73. The van der Waals surface area contributed by atoms with E-state index in [1.165, 1.54) is 31.2 Å². The summed E-state index contributed by atoms with van der Waals surface area (Å²) >= 11 is 0. The maximum absolute atomic E-state index is 12.6. The van der Waals surface area contributed by atoms with Gasteiger partial charge in [-0.25, -0.2) is 17.9 Å². The van der Waals surface area contributed by atoms with Crippen molar-refractivity contribution in [2.24, 2.45) is 0 Å². The molecule has 1 amide bonds. The van der Waals surface area contributed by atoms with Crippen LogP contribution in [0.15, 0.2) is 47.4 Å². The molecule has 0 aromatic heterocycles. The number of anilines is 1. The Morgan fingerprint density at radius 2 is 1.74 bits per heavy atom. The first kappa shape index (κ1) is 23.0. The average Bonchev–Trinajstić information content (AvgIpc) is 3.23. The molecule has 1 atom stereocenters. The van der Waals surface area contributed by atoms with Gasteiger partial charge in [0.25, 0.3) is 5.91 Å². The summed E-state index contributed by atoms with van der Waals surface area (Å²) in [6.45, 7) is 5.39. The molecule has 0 heterocycles. The second-order valence-corrected chi connectivity index (χ2v) is 9.68. The van der Waals surface area contributed by atoms with Crippen LogP contribution in [0.3, 0.4) is 0 Å². The van der Waals surface area contributed by atoms with Gasteiger partial charge >= 0.3 is 5.97 Å². The molecule has 0 bridgehead atoms. The standard InChI is InChI=1S/C23H28N2O5S/c1-15-11-12-20(13-16(15)2)24-22(26)17(3)30-23(27)18-7-6-10-21(14-18)31(28,29)25-19-8-4-5-9-19/h6-7,10-14,17,19,25H,4-5,8-9H2,1-3H3,(H,24,26). The Balaban J connectivity index is 1.64. The minimum atomic E-state index is -3.73. The molecule has 7 nitrogen and oxygen atoms in total. The number of ether oxygens (including phenoxy) is 1. The summed E-state index contributed by atoms with van der Waals surface area (Å²) in [6.07, 6.45) is 2.58. The van der Waals surface area contributed by atoms with E-state index >= 15 is 0 Å². The second kappa shape index (κ2) is 9.62. The number of rotatable bonds is 7. The number of amides is 1. The molecule has 2 N–H and O–H groups in total. The molecular weight excluding hydrogens is 416 g/mol. The zero-order valence-electron chi connectivity index (χ0n) is 18.0. The predicted octanol–water partition coefficient (Wildman–Crippen LogP) is 3.71. The highest BCUT2D eigenvalue weighted by atomic mass is 32.2. The molecule has 2 aromatic carbocycles. The Bertz CT molecular complexity index is 1080. The minimum Gasteiger partial charge on any atom is -0.449 e. The summed E-state index contributed by atoms with van der Waals surface area (Å²) in [4.78, 5) is 24.9. The fourth-order valence-corrected chi connectivity index (χ4v) is 4.82. The largest absolute Gasteiger partial charge is 0.449 e. The maximum atomic E-state index is 12.6. The molecule has 0 aliphatic heterocycles. The Morgan fingerprint density at radius 3 is 2.42 bits per heavy atom. The SMILES string of the molecule is Cc1ccc(NC(=O)C(C)OC(=O)c2cccc(S(=O)(=O)NC3CCCC3)c2)cc1C. The Hall–Kier alpha value is -2.71. The number of esters is 1. The van der Waals surface area contributed by atoms with Crippen LogP contribution < -0.4 is 10.0 Å². The molecular formula is C23H28N2O5S. The zero-order valence-corrected chi connectivity index (χ0v) is 18.8. The average molecular weight is 445 g/mol. The summed E-state index contributed by atoms with van der Waals surface area (Å²) in [5.41, 5.74) is 2.82. The lowest BCUT2D eigenvalue weighted by Gasteiger charge is -2.15. The third-order valence-electron chi connectivity index (χ3n) is 5.48. The summed E-state index contributed by atoms with van der Waals surface area (Å²) in [5.74, 6) is -1.23. The summed E-state index contributed by atoms with van der Waals surface area (Å²) in [5, 5.41) is 2.72. The van der Waals surface area contributed by atoms with Gasteiger partial charge in [-0.3, -0.25) is 4.79 Å². The fraction of sp³-hybridized carbons (Fsp3) is 0.391. The summed E-state index contributed by atoms with van der Waals surface area (Å²) < 4.78 is 33.2. The van der Waals surface area contributed by atoms with E-state index in [1.54, 1.807) is 6.07 Å². The third-order valence-corrected chi connectivity index (χ3v) is 7.00. The molecule has 8 heteroatoms. The van der Waals surface area contributed by atoms with Crippen LogP contribution in [-0.4, -0.2) is 32.4 Å². The van der Waals surface area contributed by atoms with Crippen LogP contribution in [0.5, 0.6) is 0 Å². The van der Waals surface area contributed by atoms with E-state index in [9.17, 15) is 18.0 Å². The van der Waals surface area contributed by atoms with Crippen LogP contribution in [0, 0.1) is 13.8 Å². The highest BCUT2D eigenvalue weighted by molar-refractivity contribution is 7.89. The maximum Gasteiger partial charge on any atom is 0.338 e. The van der Waals surface area contributed by atoms with Gasteiger partial charge in [-0.1, -0.05) is 25.0 Å². The molecule has 1 aliphatic rings. The first-order valence-corrected chi connectivity index (χ1v) is 11.9. The van der Waals surface area contributed by atoms with Crippen LogP contribution in [0.4, 0.5) is 5.69 Å². The van der Waals surface area contributed by atoms with Crippen molar-refractivity contribution < 1.29 is 22.7 Å². The normalized spacial score (nSPS) is 15.5. The zero-order chi connectivity index (χ0) is 22.6. The smallest absolute Gasteiger partial charge is 0.338 e. The van der Waals surface area contributed by atoms with Crippen molar-refractivity contribution in [3.05, 3.63) is 59.2 Å². The lowest BCUT2D eigenvalue weighted by atomic mass is 10.1. The van der Waals surface area contributed by atoms with E-state index in [0.29, 0.717) is 5.69 Å². The molecule has 31 heavy (non-hydrogen) atoms. The highest BCUT2D eigenvalue weighted by Gasteiger charge is 2.25. The number of sulfonamides is 1. The molecule has 0 saturated heterocycles. The van der Waals surface area contributed by atoms with Crippen LogP contribution in [-0.2, 0) is 19.6 Å². The minimum absolute atomic E-state index is 0.00100. The molecule has 3 rings (SSSR count). The fourth-order valence-electron chi connectivity index (χ4n) is 3.47. The lowest BCUT2D eigenvalue weighted by Crippen LogP contribution is -2.33. The highest BCUT2D eigenvalue weighted by Crippen LogP contribution is 2.21. The Morgan fingerprint density at radius 1 is 1.03 bits per heavy atom. The number of hydrogen-bond acceptors (Lipinski definition) is 5. The molecule has 1 aliphatic carbocycles. The second-order valence-electron chi connectivity index (χ2n) is 7.97. The third kappa shape index (κ3) is 5.92. The summed E-state index contributed by atoms with van der Waals surface area (Å²) in [6, 6.07) is 11.1. The topological polar surface area (TPSA) is 102 Å². The van der Waals surface area contributed by atoms with Crippen LogP contribution in [0.25, 0.3) is 0 Å². The van der Waals surface area contributed by atoms with Crippen molar-refractivity contribution >= 4 is 27.6 Å².